The number of aliphatic hydroxyl groups is 1. The number of hydrogen-bond acceptors (Lipinski definition) is 4. The molecule has 35 heavy (non-hydrogen) atoms. The summed E-state index contributed by atoms with van der Waals surface area (Å²) in [5.41, 5.74) is 3.28. The fourth-order valence-corrected chi connectivity index (χ4v) is 4.57. The van der Waals surface area contributed by atoms with E-state index in [2.05, 4.69) is 20.8 Å². The molecule has 1 fully saturated rings. The van der Waals surface area contributed by atoms with Gasteiger partial charge in [0.2, 0.25) is 0 Å². The number of methoxy groups -OCH3 is 1. The Bertz CT molecular complexity index is 1340. The van der Waals surface area contributed by atoms with E-state index in [0.29, 0.717) is 33.1 Å². The summed E-state index contributed by atoms with van der Waals surface area (Å²) < 4.78 is 5.41. The van der Waals surface area contributed by atoms with Gasteiger partial charge in [0.05, 0.1) is 24.3 Å². The lowest BCUT2D eigenvalue weighted by Gasteiger charge is -2.28. The van der Waals surface area contributed by atoms with Crippen LogP contribution in [-0.2, 0) is 15.0 Å². The van der Waals surface area contributed by atoms with Gasteiger partial charge in [0, 0.05) is 10.7 Å². The first kappa shape index (κ1) is 24.6. The minimum atomic E-state index is -0.842. The number of amides is 1. The molecule has 1 aliphatic rings. The second-order valence-corrected chi connectivity index (χ2v) is 10.0. The topological polar surface area (TPSA) is 66.8 Å². The molecule has 4 rings (SSSR count). The smallest absolute Gasteiger partial charge is 0.300 e. The van der Waals surface area contributed by atoms with Crippen LogP contribution >= 0.6 is 11.6 Å². The Kier molecular flexibility index (Phi) is 6.48. The van der Waals surface area contributed by atoms with Crippen LogP contribution in [0.4, 0.5) is 5.69 Å². The quantitative estimate of drug-likeness (QED) is 0.255. The fraction of sp³-hybridized carbons (Fsp3) is 0.241. The molecular formula is C29H28ClNO4. The predicted molar refractivity (Wildman–Crippen MR) is 139 cm³/mol. The summed E-state index contributed by atoms with van der Waals surface area (Å²) in [6.07, 6.45) is 0. The highest BCUT2D eigenvalue weighted by molar-refractivity contribution is 6.52. The molecule has 0 saturated carbocycles. The van der Waals surface area contributed by atoms with E-state index in [9.17, 15) is 14.7 Å². The van der Waals surface area contributed by atoms with Crippen molar-refractivity contribution in [2.45, 2.75) is 39.2 Å². The Balaban J connectivity index is 1.99. The first-order valence-electron chi connectivity index (χ1n) is 11.4. The average Bonchev–Trinajstić information content (AvgIpc) is 3.10. The van der Waals surface area contributed by atoms with Crippen LogP contribution < -0.4 is 9.64 Å². The largest absolute Gasteiger partial charge is 0.507 e. The van der Waals surface area contributed by atoms with Crippen LogP contribution in [0.2, 0.25) is 5.02 Å². The Morgan fingerprint density at radius 1 is 0.971 bits per heavy atom. The van der Waals surface area contributed by atoms with Crippen molar-refractivity contribution in [2.24, 2.45) is 0 Å². The fourth-order valence-electron chi connectivity index (χ4n) is 4.40. The van der Waals surface area contributed by atoms with Gasteiger partial charge in [0.1, 0.15) is 11.5 Å². The number of Topliss-reactive ketones (excluding diaryl/α,β-unsaturated/α-hetero) is 1. The maximum Gasteiger partial charge on any atom is 0.300 e. The van der Waals surface area contributed by atoms with Crippen molar-refractivity contribution in [3.8, 4) is 5.75 Å². The van der Waals surface area contributed by atoms with E-state index in [4.69, 9.17) is 16.3 Å². The molecule has 5 nitrogen and oxygen atoms in total. The van der Waals surface area contributed by atoms with E-state index >= 15 is 0 Å². The van der Waals surface area contributed by atoms with E-state index in [1.165, 1.54) is 12.0 Å². The summed E-state index contributed by atoms with van der Waals surface area (Å²) in [6, 6.07) is 19.0. The molecule has 1 amide bonds. The van der Waals surface area contributed by atoms with E-state index in [1.807, 2.05) is 24.3 Å². The zero-order chi connectivity index (χ0) is 25.5. The molecule has 1 aliphatic heterocycles. The number of carbonyl (C=O) groups is 2. The van der Waals surface area contributed by atoms with Gasteiger partial charge >= 0.3 is 0 Å². The highest BCUT2D eigenvalue weighted by Crippen LogP contribution is 2.45. The van der Waals surface area contributed by atoms with Crippen LogP contribution in [0, 0.1) is 6.92 Å². The van der Waals surface area contributed by atoms with Gasteiger partial charge in [0.25, 0.3) is 11.7 Å². The maximum absolute atomic E-state index is 13.4. The highest BCUT2D eigenvalue weighted by atomic mass is 35.5. The van der Waals surface area contributed by atoms with Crippen LogP contribution in [0.1, 0.15) is 49.1 Å². The third kappa shape index (κ3) is 4.32. The van der Waals surface area contributed by atoms with Gasteiger partial charge in [-0.15, -0.1) is 0 Å². The monoisotopic (exact) mass is 489 g/mol. The summed E-state index contributed by atoms with van der Waals surface area (Å²) >= 11 is 6.37. The van der Waals surface area contributed by atoms with Crippen molar-refractivity contribution in [1.82, 2.24) is 0 Å². The Morgan fingerprint density at radius 2 is 1.63 bits per heavy atom. The van der Waals surface area contributed by atoms with Crippen LogP contribution in [0.5, 0.6) is 5.75 Å². The summed E-state index contributed by atoms with van der Waals surface area (Å²) in [5, 5.41) is 11.9. The number of nitrogens with zero attached hydrogens (tertiary/aromatic N) is 1. The zero-order valence-electron chi connectivity index (χ0n) is 20.4. The minimum absolute atomic E-state index is 0.00221. The number of rotatable bonds is 4. The molecule has 0 aromatic heterocycles. The molecule has 0 aliphatic carbocycles. The molecule has 1 saturated heterocycles. The molecule has 0 bridgehead atoms. The number of benzene rings is 3. The molecule has 1 heterocycles. The maximum atomic E-state index is 13.4. The number of anilines is 1. The number of carbonyl (C=O) groups excluding carboxylic acids is 2. The SMILES string of the molecule is COc1ccccc1/C(O)=C1\C(=O)C(=O)N(c2cccc(Cl)c2C)C1c1ccc(C(C)(C)C)cc1. The van der Waals surface area contributed by atoms with Gasteiger partial charge in [-0.2, -0.15) is 0 Å². The molecule has 0 spiro atoms. The van der Waals surface area contributed by atoms with Gasteiger partial charge in [-0.25, -0.2) is 0 Å². The van der Waals surface area contributed by atoms with E-state index in [-0.39, 0.29) is 16.7 Å². The van der Waals surface area contributed by atoms with Crippen LogP contribution in [-0.4, -0.2) is 23.9 Å². The number of aliphatic hydroxyl groups excluding tert-OH is 1. The second kappa shape index (κ2) is 9.23. The molecule has 6 heteroatoms. The van der Waals surface area contributed by atoms with E-state index in [0.717, 1.165) is 5.56 Å². The summed E-state index contributed by atoms with van der Waals surface area (Å²) in [7, 11) is 1.49. The van der Waals surface area contributed by atoms with Crippen molar-refractivity contribution in [2.75, 3.05) is 12.0 Å². The van der Waals surface area contributed by atoms with Crippen molar-refractivity contribution in [3.63, 3.8) is 0 Å². The first-order chi connectivity index (χ1) is 16.6. The van der Waals surface area contributed by atoms with E-state index < -0.39 is 17.7 Å². The third-order valence-corrected chi connectivity index (χ3v) is 6.81. The van der Waals surface area contributed by atoms with Crippen LogP contribution in [0.15, 0.2) is 72.3 Å². The normalized spacial score (nSPS) is 17.7. The molecular weight excluding hydrogens is 462 g/mol. The Hall–Kier alpha value is -3.57. The van der Waals surface area contributed by atoms with Gasteiger partial charge in [-0.3, -0.25) is 14.5 Å². The van der Waals surface area contributed by atoms with Crippen LogP contribution in [0.3, 0.4) is 0 Å². The standard InChI is InChI=1S/C29H28ClNO4/c1-17-21(30)10-8-11-22(17)31-25(18-13-15-19(16-14-18)29(2,3)4)24(27(33)28(31)34)26(32)20-9-6-7-12-23(20)35-5/h6-16,25,32H,1-5H3/b26-24+. The Labute approximate surface area is 210 Å². The molecule has 3 aromatic carbocycles. The lowest BCUT2D eigenvalue weighted by molar-refractivity contribution is -0.132. The molecule has 1 N–H and O–H groups in total. The Morgan fingerprint density at radius 3 is 2.26 bits per heavy atom. The highest BCUT2D eigenvalue weighted by Gasteiger charge is 2.47. The number of hydrogen-bond donors (Lipinski definition) is 1. The third-order valence-electron chi connectivity index (χ3n) is 6.40. The first-order valence-corrected chi connectivity index (χ1v) is 11.7. The molecule has 0 radical (unpaired) electrons. The van der Waals surface area contributed by atoms with Gasteiger partial charge < -0.3 is 9.84 Å². The lowest BCUT2D eigenvalue weighted by Crippen LogP contribution is -2.30. The number of ketones is 1. The average molecular weight is 490 g/mol. The van der Waals surface area contributed by atoms with Gasteiger partial charge in [-0.05, 0) is 53.3 Å². The van der Waals surface area contributed by atoms with Crippen molar-refractivity contribution in [3.05, 3.63) is 99.6 Å². The van der Waals surface area contributed by atoms with E-state index in [1.54, 1.807) is 49.4 Å². The minimum Gasteiger partial charge on any atom is -0.507 e. The summed E-state index contributed by atoms with van der Waals surface area (Å²) in [4.78, 5) is 28.3. The number of para-hydroxylation sites is 1. The van der Waals surface area contributed by atoms with Gasteiger partial charge in [-0.1, -0.05) is 74.8 Å². The summed E-state index contributed by atoms with van der Waals surface area (Å²) in [5.74, 6) is -1.38. The number of ether oxygens (including phenoxy) is 1. The molecule has 1 unspecified atom stereocenters. The van der Waals surface area contributed by atoms with Gasteiger partial charge in [0.15, 0.2) is 0 Å². The lowest BCUT2D eigenvalue weighted by atomic mass is 9.85. The van der Waals surface area contributed by atoms with Crippen molar-refractivity contribution in [1.29, 1.82) is 0 Å². The molecule has 3 aromatic rings. The molecule has 180 valence electrons. The second-order valence-electron chi connectivity index (χ2n) is 9.63. The van der Waals surface area contributed by atoms with Crippen molar-refractivity contribution < 1.29 is 19.4 Å². The van der Waals surface area contributed by atoms with Crippen LogP contribution in [0.25, 0.3) is 5.76 Å². The molecule has 1 atom stereocenters. The number of halogens is 1. The predicted octanol–water partition coefficient (Wildman–Crippen LogP) is 6.58. The zero-order valence-corrected chi connectivity index (χ0v) is 21.2. The summed E-state index contributed by atoms with van der Waals surface area (Å²) in [6.45, 7) is 8.15. The van der Waals surface area contributed by atoms with Crippen molar-refractivity contribution >= 4 is 34.7 Å².